The van der Waals surface area contributed by atoms with Crippen molar-refractivity contribution in [1.29, 1.82) is 0 Å². The van der Waals surface area contributed by atoms with Gasteiger partial charge in [0, 0.05) is 45.5 Å². The van der Waals surface area contributed by atoms with Gasteiger partial charge in [-0.15, -0.1) is 0 Å². The normalized spacial score (nSPS) is 14.3. The van der Waals surface area contributed by atoms with Gasteiger partial charge in [0.25, 0.3) is 0 Å². The van der Waals surface area contributed by atoms with Crippen LogP contribution in [0.5, 0.6) is 17.2 Å². The number of carboxylic acids is 1. The molecule has 176 valence electrons. The van der Waals surface area contributed by atoms with E-state index in [2.05, 4.69) is 0 Å². The molecule has 1 aliphatic rings. The van der Waals surface area contributed by atoms with Crippen LogP contribution in [0.1, 0.15) is 46.7 Å². The molecular formula is C26H20Cl3NaO5. The Bertz CT molecular complexity index is 1230. The number of carbonyl (C=O) groups is 2. The summed E-state index contributed by atoms with van der Waals surface area (Å²) >= 11 is 18.5. The molecule has 0 aromatic heterocycles. The van der Waals surface area contributed by atoms with Crippen molar-refractivity contribution in [3.63, 3.8) is 0 Å². The molecule has 0 aliphatic carbocycles. The zero-order chi connectivity index (χ0) is 24.2. The third kappa shape index (κ3) is 6.94. The molecule has 1 aliphatic heterocycles. The number of ketones is 1. The van der Waals surface area contributed by atoms with Gasteiger partial charge in [-0.1, -0.05) is 34.8 Å². The van der Waals surface area contributed by atoms with Crippen molar-refractivity contribution < 1.29 is 53.7 Å². The number of hydrogen-bond donors (Lipinski definition) is 0. The number of halogens is 3. The Balaban J connectivity index is 0.00000342. The molecule has 1 atom stereocenters. The van der Waals surface area contributed by atoms with Crippen LogP contribution in [-0.2, 0) is 11.2 Å². The van der Waals surface area contributed by atoms with Gasteiger partial charge in [-0.25, -0.2) is 0 Å². The van der Waals surface area contributed by atoms with Crippen LogP contribution in [0.15, 0.2) is 54.6 Å². The number of ether oxygens (including phenoxy) is 2. The maximum absolute atomic E-state index is 12.6. The van der Waals surface area contributed by atoms with E-state index in [1.54, 1.807) is 42.5 Å². The van der Waals surface area contributed by atoms with Crippen molar-refractivity contribution in [1.82, 2.24) is 0 Å². The summed E-state index contributed by atoms with van der Waals surface area (Å²) in [5.41, 5.74) is 1.97. The summed E-state index contributed by atoms with van der Waals surface area (Å²) in [6.45, 7) is 0.271. The Labute approximate surface area is 240 Å². The van der Waals surface area contributed by atoms with Crippen LogP contribution >= 0.6 is 34.8 Å². The minimum Gasteiger partial charge on any atom is -0.549 e. The van der Waals surface area contributed by atoms with E-state index in [0.29, 0.717) is 64.1 Å². The Morgan fingerprint density at radius 1 is 1.00 bits per heavy atom. The van der Waals surface area contributed by atoms with E-state index >= 15 is 0 Å². The molecule has 5 nitrogen and oxygen atoms in total. The molecule has 0 saturated heterocycles. The Morgan fingerprint density at radius 3 is 2.46 bits per heavy atom. The topological polar surface area (TPSA) is 75.7 Å². The van der Waals surface area contributed by atoms with E-state index in [9.17, 15) is 14.7 Å². The zero-order valence-corrected chi connectivity index (χ0v) is 23.3. The van der Waals surface area contributed by atoms with Crippen LogP contribution in [0.25, 0.3) is 0 Å². The van der Waals surface area contributed by atoms with Gasteiger partial charge >= 0.3 is 29.6 Å². The first-order valence-corrected chi connectivity index (χ1v) is 11.9. The number of carboxylic acid groups (broad SMARTS) is 1. The minimum atomic E-state index is -1.16. The number of fused-ring (bicyclic) bond motifs is 1. The van der Waals surface area contributed by atoms with E-state index in [4.69, 9.17) is 44.3 Å². The second-order valence-electron chi connectivity index (χ2n) is 7.97. The van der Waals surface area contributed by atoms with Crippen molar-refractivity contribution in [2.75, 3.05) is 6.61 Å². The molecule has 3 aromatic carbocycles. The van der Waals surface area contributed by atoms with Crippen LogP contribution in [-0.4, -0.2) is 18.4 Å². The molecule has 0 saturated carbocycles. The average Bonchev–Trinajstić information content (AvgIpc) is 2.81. The van der Waals surface area contributed by atoms with Gasteiger partial charge < -0.3 is 19.4 Å². The summed E-state index contributed by atoms with van der Waals surface area (Å²) < 4.78 is 11.4. The van der Waals surface area contributed by atoms with E-state index < -0.39 is 11.9 Å². The molecule has 0 radical (unpaired) electrons. The van der Waals surface area contributed by atoms with Crippen LogP contribution in [0.3, 0.4) is 0 Å². The number of carbonyl (C=O) groups excluding carboxylic acids is 2. The predicted molar refractivity (Wildman–Crippen MR) is 130 cm³/mol. The van der Waals surface area contributed by atoms with Gasteiger partial charge in [-0.2, -0.15) is 0 Å². The van der Waals surface area contributed by atoms with Crippen LogP contribution in [0.4, 0.5) is 0 Å². The van der Waals surface area contributed by atoms with Gasteiger partial charge in [0.05, 0.1) is 11.6 Å². The van der Waals surface area contributed by atoms with E-state index in [0.717, 1.165) is 5.56 Å². The predicted octanol–water partition coefficient (Wildman–Crippen LogP) is 3.26. The summed E-state index contributed by atoms with van der Waals surface area (Å²) in [5, 5.41) is 12.9. The van der Waals surface area contributed by atoms with Crippen molar-refractivity contribution in [3.8, 4) is 17.2 Å². The zero-order valence-electron chi connectivity index (χ0n) is 19.0. The number of Topliss-reactive ketones (excluding diaryl/α,β-unsaturated/α-hetero) is 1. The fourth-order valence-electron chi connectivity index (χ4n) is 3.87. The van der Waals surface area contributed by atoms with Crippen LogP contribution < -0.4 is 44.1 Å². The first-order valence-electron chi connectivity index (χ1n) is 10.7. The van der Waals surface area contributed by atoms with Gasteiger partial charge in [0.1, 0.15) is 17.2 Å². The molecule has 4 rings (SSSR count). The second-order valence-corrected chi connectivity index (χ2v) is 9.22. The van der Waals surface area contributed by atoms with Crippen molar-refractivity contribution in [2.45, 2.75) is 31.6 Å². The third-order valence-electron chi connectivity index (χ3n) is 5.65. The molecule has 1 heterocycles. The Kier molecular flexibility index (Phi) is 9.94. The molecule has 9 heteroatoms. The molecule has 0 bridgehead atoms. The summed E-state index contributed by atoms with van der Waals surface area (Å²) in [7, 11) is 0. The Hall–Kier alpha value is -1.73. The summed E-state index contributed by atoms with van der Waals surface area (Å²) in [4.78, 5) is 23.9. The van der Waals surface area contributed by atoms with Crippen molar-refractivity contribution in [3.05, 3.63) is 86.4 Å². The smallest absolute Gasteiger partial charge is 0.549 e. The fraction of sp³-hybridized carbons (Fsp3) is 0.231. The summed E-state index contributed by atoms with van der Waals surface area (Å²) in [5.74, 6) is -0.696. The monoisotopic (exact) mass is 540 g/mol. The maximum Gasteiger partial charge on any atom is 1.00 e. The number of aliphatic carboxylic acids is 1. The van der Waals surface area contributed by atoms with Crippen molar-refractivity contribution >= 4 is 46.6 Å². The van der Waals surface area contributed by atoms with E-state index in [-0.39, 0.29) is 47.0 Å². The quantitative estimate of drug-likeness (QED) is 0.323. The molecule has 1 unspecified atom stereocenters. The number of benzene rings is 3. The van der Waals surface area contributed by atoms with Gasteiger partial charge in [-0.3, -0.25) is 4.79 Å². The molecule has 3 aromatic rings. The van der Waals surface area contributed by atoms with E-state index in [1.807, 2.05) is 6.07 Å². The molecular weight excluding hydrogens is 522 g/mol. The first-order chi connectivity index (χ1) is 16.3. The van der Waals surface area contributed by atoms with Gasteiger partial charge in [0.15, 0.2) is 5.78 Å². The molecule has 35 heavy (non-hydrogen) atoms. The number of aryl methyl sites for hydroxylation is 1. The minimum absolute atomic E-state index is 0. The molecule has 0 N–H and O–H groups in total. The first kappa shape index (κ1) is 27.9. The molecule has 0 spiro atoms. The van der Waals surface area contributed by atoms with Gasteiger partial charge in [0.2, 0.25) is 0 Å². The van der Waals surface area contributed by atoms with Crippen molar-refractivity contribution in [2.24, 2.45) is 0 Å². The largest absolute Gasteiger partial charge is 1.00 e. The van der Waals surface area contributed by atoms with Crippen LogP contribution in [0, 0.1) is 0 Å². The number of hydrogen-bond acceptors (Lipinski definition) is 5. The number of rotatable bonds is 8. The SMILES string of the molecule is O=C(CCCc1cc(Cl)ccc1Cl)c1ccc(Oc2cc3c(cc2Cl)C(C(=O)[O-])CCO3)cc1.[Na+]. The Morgan fingerprint density at radius 2 is 1.74 bits per heavy atom. The molecule has 0 fully saturated rings. The fourth-order valence-corrected chi connectivity index (χ4v) is 4.48. The average molecular weight is 542 g/mol. The third-order valence-corrected chi connectivity index (χ3v) is 6.55. The second kappa shape index (κ2) is 12.5. The summed E-state index contributed by atoms with van der Waals surface area (Å²) in [6, 6.07) is 15.2. The summed E-state index contributed by atoms with van der Waals surface area (Å²) in [6.07, 6.45) is 2.00. The van der Waals surface area contributed by atoms with Crippen LogP contribution in [0.2, 0.25) is 15.1 Å². The molecule has 0 amide bonds. The van der Waals surface area contributed by atoms with Gasteiger partial charge in [-0.05, 0) is 73.4 Å². The van der Waals surface area contributed by atoms with E-state index in [1.165, 1.54) is 6.07 Å². The standard InChI is InChI=1S/C26H21Cl3O5.Na/c27-17-6-9-21(28)16(12-17)2-1-3-23(30)15-4-7-18(8-5-15)34-25-14-24-20(13-22(25)29)19(26(31)32)10-11-33-24;/h4-9,12-14,19H,1-3,10-11H2,(H,31,32);/q;+1/p-1. The maximum atomic E-state index is 12.6.